The third-order valence-corrected chi connectivity index (χ3v) is 5.72. The second-order valence-corrected chi connectivity index (χ2v) is 7.56. The van der Waals surface area contributed by atoms with E-state index >= 15 is 0 Å². The molecule has 0 unspecified atom stereocenters. The number of anilines is 1. The molecule has 0 atom stereocenters. The fraction of sp³-hybridized carbons (Fsp3) is 0.182. The number of nitrogens with zero attached hydrogens (tertiary/aromatic N) is 4. The van der Waals surface area contributed by atoms with Crippen molar-refractivity contribution in [3.8, 4) is 11.3 Å². The number of nitrogens with one attached hydrogen (secondary N) is 1. The second-order valence-electron chi connectivity index (χ2n) is 6.61. The molecule has 0 fully saturated rings. The van der Waals surface area contributed by atoms with Crippen LogP contribution in [0.4, 0.5) is 10.5 Å². The Kier molecular flexibility index (Phi) is 5.58. The maximum Gasteiger partial charge on any atom is 0.321 e. The lowest BCUT2D eigenvalue weighted by Gasteiger charge is -2.19. The number of hydrogen-bond donors (Lipinski definition) is 1. The van der Waals surface area contributed by atoms with Crippen molar-refractivity contribution >= 4 is 34.5 Å². The summed E-state index contributed by atoms with van der Waals surface area (Å²) in [4.78, 5) is 31.9. The lowest BCUT2D eigenvalue weighted by molar-refractivity contribution is 0.104. The second kappa shape index (κ2) is 8.46. The molecule has 3 heterocycles. The Morgan fingerprint density at radius 2 is 1.97 bits per heavy atom. The number of urea groups is 1. The number of benzene rings is 1. The van der Waals surface area contributed by atoms with Crippen molar-refractivity contribution < 1.29 is 9.59 Å². The van der Waals surface area contributed by atoms with Crippen molar-refractivity contribution in [2.24, 2.45) is 0 Å². The van der Waals surface area contributed by atoms with Crippen molar-refractivity contribution in [1.29, 1.82) is 0 Å². The van der Waals surface area contributed by atoms with Gasteiger partial charge in [-0.15, -0.1) is 11.3 Å². The van der Waals surface area contributed by atoms with Gasteiger partial charge in [0.05, 0.1) is 22.3 Å². The van der Waals surface area contributed by atoms with Crippen molar-refractivity contribution in [3.63, 3.8) is 0 Å². The summed E-state index contributed by atoms with van der Waals surface area (Å²) in [6.45, 7) is 5.17. The van der Waals surface area contributed by atoms with E-state index in [1.807, 2.05) is 55.6 Å². The number of ketones is 1. The van der Waals surface area contributed by atoms with Gasteiger partial charge in [-0.25, -0.2) is 14.3 Å². The third-order valence-electron chi connectivity index (χ3n) is 4.85. The highest BCUT2D eigenvalue weighted by Crippen LogP contribution is 2.25. The molecule has 0 spiro atoms. The van der Waals surface area contributed by atoms with Crippen LogP contribution in [-0.2, 0) is 0 Å². The maximum absolute atomic E-state index is 12.8. The smallest absolute Gasteiger partial charge is 0.321 e. The van der Waals surface area contributed by atoms with E-state index in [0.717, 1.165) is 11.3 Å². The molecule has 1 N–H and O–H groups in total. The van der Waals surface area contributed by atoms with E-state index in [-0.39, 0.29) is 11.8 Å². The summed E-state index contributed by atoms with van der Waals surface area (Å²) in [5, 5.41) is 9.22. The normalized spacial score (nSPS) is 10.9. The standard InChI is InChI=1S/C22H21N5O2S/c1-3-26(4-2)22(29)25-16-8-5-7-15(13-16)18-10-11-23-21-17(14-24-27(18)21)20(28)19-9-6-12-30-19/h5-14H,3-4H2,1-2H3,(H,25,29). The number of carbonyl (C=O) groups excluding carboxylic acids is 2. The van der Waals surface area contributed by atoms with Crippen molar-refractivity contribution in [2.45, 2.75) is 13.8 Å². The van der Waals surface area contributed by atoms with Crippen molar-refractivity contribution in [1.82, 2.24) is 19.5 Å². The van der Waals surface area contributed by atoms with E-state index in [9.17, 15) is 9.59 Å². The van der Waals surface area contributed by atoms with E-state index in [1.54, 1.807) is 27.9 Å². The Morgan fingerprint density at radius 3 is 2.70 bits per heavy atom. The van der Waals surface area contributed by atoms with E-state index in [0.29, 0.717) is 34.9 Å². The number of amides is 2. The molecule has 0 saturated carbocycles. The minimum atomic E-state index is -0.139. The summed E-state index contributed by atoms with van der Waals surface area (Å²) < 4.78 is 1.66. The molecule has 7 nitrogen and oxygen atoms in total. The van der Waals surface area contributed by atoms with Gasteiger partial charge in [0.2, 0.25) is 5.78 Å². The quantitative estimate of drug-likeness (QED) is 0.465. The van der Waals surface area contributed by atoms with E-state index in [2.05, 4.69) is 15.4 Å². The topological polar surface area (TPSA) is 79.6 Å². The summed E-state index contributed by atoms with van der Waals surface area (Å²) >= 11 is 1.39. The Balaban J connectivity index is 1.69. The van der Waals surface area contributed by atoms with Crippen molar-refractivity contribution in [3.05, 3.63) is 70.7 Å². The van der Waals surface area contributed by atoms with Crippen LogP contribution in [0, 0.1) is 0 Å². The zero-order valence-electron chi connectivity index (χ0n) is 16.7. The van der Waals surface area contributed by atoms with Crippen LogP contribution < -0.4 is 5.32 Å². The Morgan fingerprint density at radius 1 is 1.13 bits per heavy atom. The molecule has 0 bridgehead atoms. The van der Waals surface area contributed by atoms with Crippen LogP contribution in [0.3, 0.4) is 0 Å². The monoisotopic (exact) mass is 419 g/mol. The fourth-order valence-electron chi connectivity index (χ4n) is 3.28. The first kappa shape index (κ1) is 19.8. The molecule has 0 aliphatic heterocycles. The van der Waals surface area contributed by atoms with Crippen LogP contribution in [0.25, 0.3) is 16.9 Å². The first-order valence-electron chi connectivity index (χ1n) is 9.69. The van der Waals surface area contributed by atoms with Gasteiger partial charge in [0.1, 0.15) is 0 Å². The molecule has 0 aliphatic carbocycles. The van der Waals surface area contributed by atoms with E-state index in [1.165, 1.54) is 11.3 Å². The number of aromatic nitrogens is 3. The molecule has 1 aromatic carbocycles. The first-order valence-corrected chi connectivity index (χ1v) is 10.6. The number of carbonyl (C=O) groups is 2. The molecule has 152 valence electrons. The molecule has 0 aliphatic rings. The zero-order valence-corrected chi connectivity index (χ0v) is 17.5. The Bertz CT molecular complexity index is 1200. The lowest BCUT2D eigenvalue weighted by Crippen LogP contribution is -2.34. The number of hydrogen-bond acceptors (Lipinski definition) is 5. The number of rotatable bonds is 6. The van der Waals surface area contributed by atoms with Gasteiger partial charge in [0.25, 0.3) is 0 Å². The molecular formula is C22H21N5O2S. The predicted octanol–water partition coefficient (Wildman–Crippen LogP) is 4.56. The van der Waals surface area contributed by atoms with Crippen molar-refractivity contribution in [2.75, 3.05) is 18.4 Å². The molecule has 8 heteroatoms. The molecule has 3 aromatic heterocycles. The van der Waals surface area contributed by atoms with Crippen LogP contribution in [0.15, 0.2) is 60.2 Å². The van der Waals surface area contributed by atoms with E-state index < -0.39 is 0 Å². The minimum Gasteiger partial charge on any atom is -0.325 e. The average Bonchev–Trinajstić information content (AvgIpc) is 3.44. The van der Waals surface area contributed by atoms with Gasteiger partial charge >= 0.3 is 6.03 Å². The number of fused-ring (bicyclic) bond motifs is 1. The summed E-state index contributed by atoms with van der Waals surface area (Å²) in [5.74, 6) is -0.0927. The van der Waals surface area contributed by atoms with Crippen LogP contribution >= 0.6 is 11.3 Å². The van der Waals surface area contributed by atoms with Crippen LogP contribution in [0.1, 0.15) is 29.1 Å². The SMILES string of the molecule is CCN(CC)C(=O)Nc1cccc(-c2ccnc3c(C(=O)c4cccs4)cnn23)c1. The lowest BCUT2D eigenvalue weighted by atomic mass is 10.1. The van der Waals surface area contributed by atoms with Gasteiger partial charge < -0.3 is 10.2 Å². The van der Waals surface area contributed by atoms with Gasteiger partial charge in [0.15, 0.2) is 5.65 Å². The van der Waals surface area contributed by atoms with Crippen LogP contribution in [0.2, 0.25) is 0 Å². The van der Waals surface area contributed by atoms with Gasteiger partial charge in [-0.1, -0.05) is 18.2 Å². The zero-order chi connectivity index (χ0) is 21.1. The summed E-state index contributed by atoms with van der Waals surface area (Å²) in [6, 6.07) is 12.9. The fourth-order valence-corrected chi connectivity index (χ4v) is 3.96. The predicted molar refractivity (Wildman–Crippen MR) is 118 cm³/mol. The van der Waals surface area contributed by atoms with Gasteiger partial charge in [-0.3, -0.25) is 4.79 Å². The van der Waals surface area contributed by atoms with Gasteiger partial charge in [-0.2, -0.15) is 5.10 Å². The van der Waals surface area contributed by atoms with Crippen LogP contribution in [0.5, 0.6) is 0 Å². The summed E-state index contributed by atoms with van der Waals surface area (Å²) in [6.07, 6.45) is 3.22. The van der Waals surface area contributed by atoms with E-state index in [4.69, 9.17) is 0 Å². The summed E-state index contributed by atoms with van der Waals surface area (Å²) in [5.41, 5.74) is 3.30. The third kappa shape index (κ3) is 3.69. The van der Waals surface area contributed by atoms with Crippen LogP contribution in [-0.4, -0.2) is 44.4 Å². The first-order chi connectivity index (χ1) is 14.6. The summed E-state index contributed by atoms with van der Waals surface area (Å²) in [7, 11) is 0. The molecular weight excluding hydrogens is 398 g/mol. The molecule has 4 rings (SSSR count). The average molecular weight is 420 g/mol. The molecule has 0 saturated heterocycles. The highest BCUT2D eigenvalue weighted by atomic mass is 32.1. The van der Waals surface area contributed by atoms with Gasteiger partial charge in [-0.05, 0) is 43.5 Å². The maximum atomic E-state index is 12.8. The Labute approximate surface area is 178 Å². The molecule has 4 aromatic rings. The largest absolute Gasteiger partial charge is 0.325 e. The highest BCUT2D eigenvalue weighted by molar-refractivity contribution is 7.12. The molecule has 0 radical (unpaired) electrons. The Hall–Kier alpha value is -3.52. The molecule has 2 amide bonds. The number of thiophene rings is 1. The molecule has 30 heavy (non-hydrogen) atoms. The minimum absolute atomic E-state index is 0.0927. The highest BCUT2D eigenvalue weighted by Gasteiger charge is 2.18. The van der Waals surface area contributed by atoms with Gasteiger partial charge in [0, 0.05) is 30.5 Å².